The van der Waals surface area contributed by atoms with Crippen LogP contribution in [0.2, 0.25) is 5.02 Å². The van der Waals surface area contributed by atoms with Gasteiger partial charge in [0.2, 0.25) is 0 Å². The maximum Gasteiger partial charge on any atom is 0.0945 e. The van der Waals surface area contributed by atoms with E-state index >= 15 is 0 Å². The molecule has 84 valence electrons. The van der Waals surface area contributed by atoms with Crippen LogP contribution in [0.4, 0.5) is 5.69 Å². The third kappa shape index (κ3) is 3.38. The van der Waals surface area contributed by atoms with Crippen LogP contribution in [0.25, 0.3) is 0 Å². The van der Waals surface area contributed by atoms with Crippen molar-refractivity contribution in [3.8, 4) is 0 Å². The van der Waals surface area contributed by atoms with Gasteiger partial charge in [-0.05, 0) is 24.6 Å². The van der Waals surface area contributed by atoms with Gasteiger partial charge in [0, 0.05) is 13.6 Å². The Morgan fingerprint density at radius 2 is 2.13 bits per heavy atom. The number of benzene rings is 1. The van der Waals surface area contributed by atoms with Crippen molar-refractivity contribution in [2.45, 2.75) is 13.0 Å². The van der Waals surface area contributed by atoms with E-state index in [1.165, 1.54) is 0 Å². The molecule has 0 saturated heterocycles. The summed E-state index contributed by atoms with van der Waals surface area (Å²) < 4.78 is 0. The van der Waals surface area contributed by atoms with Crippen molar-refractivity contribution < 1.29 is 10.2 Å². The number of anilines is 1. The van der Waals surface area contributed by atoms with E-state index < -0.39 is 6.10 Å². The number of hydrogen-bond donors (Lipinski definition) is 2. The summed E-state index contributed by atoms with van der Waals surface area (Å²) >= 11 is 6.03. The number of nitrogens with zero attached hydrogens (tertiary/aromatic N) is 1. The van der Waals surface area contributed by atoms with Gasteiger partial charge >= 0.3 is 0 Å². The van der Waals surface area contributed by atoms with Crippen LogP contribution in [0.5, 0.6) is 0 Å². The molecular weight excluding hydrogens is 214 g/mol. The van der Waals surface area contributed by atoms with Gasteiger partial charge in [0.15, 0.2) is 0 Å². The molecule has 2 N–H and O–H groups in total. The van der Waals surface area contributed by atoms with Gasteiger partial charge in [-0.3, -0.25) is 0 Å². The summed E-state index contributed by atoms with van der Waals surface area (Å²) in [4.78, 5) is 1.83. The SMILES string of the molecule is Cc1ccc(Cl)c(N(C)CC(O)CO)c1. The average Bonchev–Trinajstić information content (AvgIpc) is 2.21. The zero-order chi connectivity index (χ0) is 11.4. The van der Waals surface area contributed by atoms with Crippen LogP contribution >= 0.6 is 11.6 Å². The summed E-state index contributed by atoms with van der Waals surface area (Å²) in [6.07, 6.45) is -0.744. The summed E-state index contributed by atoms with van der Waals surface area (Å²) in [5.74, 6) is 0. The Labute approximate surface area is 94.9 Å². The maximum absolute atomic E-state index is 9.32. The van der Waals surface area contributed by atoms with Crippen LogP contribution in [-0.2, 0) is 0 Å². The number of aliphatic hydroxyl groups excluding tert-OH is 2. The highest BCUT2D eigenvalue weighted by atomic mass is 35.5. The summed E-state index contributed by atoms with van der Waals surface area (Å²) in [7, 11) is 1.83. The first-order valence-electron chi connectivity index (χ1n) is 4.80. The summed E-state index contributed by atoms with van der Waals surface area (Å²) in [6.45, 7) is 2.10. The Kier molecular flexibility index (Phi) is 4.39. The van der Waals surface area contributed by atoms with Crippen molar-refractivity contribution in [2.75, 3.05) is 25.1 Å². The number of rotatable bonds is 4. The molecule has 0 fully saturated rings. The predicted molar refractivity (Wildman–Crippen MR) is 62.6 cm³/mol. The molecule has 0 amide bonds. The highest BCUT2D eigenvalue weighted by Crippen LogP contribution is 2.25. The Balaban J connectivity index is 2.80. The van der Waals surface area contributed by atoms with Gasteiger partial charge < -0.3 is 15.1 Å². The van der Waals surface area contributed by atoms with Crippen molar-refractivity contribution in [2.24, 2.45) is 0 Å². The van der Waals surface area contributed by atoms with Crippen LogP contribution in [0, 0.1) is 6.92 Å². The van der Waals surface area contributed by atoms with Gasteiger partial charge in [0.1, 0.15) is 0 Å². The molecule has 0 aliphatic heterocycles. The molecule has 0 aromatic heterocycles. The summed E-state index contributed by atoms with van der Waals surface area (Å²) in [6, 6.07) is 5.71. The molecule has 0 heterocycles. The minimum Gasteiger partial charge on any atom is -0.394 e. The fourth-order valence-corrected chi connectivity index (χ4v) is 1.65. The molecule has 1 aromatic rings. The fraction of sp³-hybridized carbons (Fsp3) is 0.455. The van der Waals surface area contributed by atoms with Gasteiger partial charge in [0.05, 0.1) is 23.4 Å². The van der Waals surface area contributed by atoms with Crippen molar-refractivity contribution >= 4 is 17.3 Å². The monoisotopic (exact) mass is 229 g/mol. The average molecular weight is 230 g/mol. The Morgan fingerprint density at radius 3 is 2.73 bits per heavy atom. The first-order chi connectivity index (χ1) is 7.04. The van der Waals surface area contributed by atoms with Crippen LogP contribution in [0.3, 0.4) is 0 Å². The van der Waals surface area contributed by atoms with Gasteiger partial charge in [-0.1, -0.05) is 17.7 Å². The van der Waals surface area contributed by atoms with E-state index in [9.17, 15) is 5.11 Å². The second-order valence-electron chi connectivity index (χ2n) is 3.67. The van der Waals surface area contributed by atoms with Crippen LogP contribution in [-0.4, -0.2) is 36.5 Å². The molecule has 1 atom stereocenters. The second-order valence-corrected chi connectivity index (χ2v) is 4.08. The molecule has 1 rings (SSSR count). The number of aliphatic hydroxyl groups is 2. The van der Waals surface area contributed by atoms with Crippen molar-refractivity contribution in [1.29, 1.82) is 0 Å². The first-order valence-corrected chi connectivity index (χ1v) is 5.18. The van der Waals surface area contributed by atoms with E-state index in [-0.39, 0.29) is 6.61 Å². The van der Waals surface area contributed by atoms with E-state index in [0.717, 1.165) is 11.3 Å². The molecule has 15 heavy (non-hydrogen) atoms. The van der Waals surface area contributed by atoms with Crippen LogP contribution in [0.15, 0.2) is 18.2 Å². The van der Waals surface area contributed by atoms with E-state index in [1.54, 1.807) is 0 Å². The molecule has 4 heteroatoms. The number of hydrogen-bond acceptors (Lipinski definition) is 3. The fourth-order valence-electron chi connectivity index (χ4n) is 1.39. The zero-order valence-corrected chi connectivity index (χ0v) is 9.70. The van der Waals surface area contributed by atoms with Crippen molar-refractivity contribution in [1.82, 2.24) is 0 Å². The molecule has 1 aromatic carbocycles. The first kappa shape index (κ1) is 12.3. The number of aryl methyl sites for hydroxylation is 1. The molecule has 0 aliphatic carbocycles. The lowest BCUT2D eigenvalue weighted by atomic mass is 10.2. The van der Waals surface area contributed by atoms with Gasteiger partial charge in [-0.15, -0.1) is 0 Å². The Hall–Kier alpha value is -0.770. The lowest BCUT2D eigenvalue weighted by Gasteiger charge is -2.23. The van der Waals surface area contributed by atoms with Crippen LogP contribution < -0.4 is 4.90 Å². The van der Waals surface area contributed by atoms with Crippen molar-refractivity contribution in [3.63, 3.8) is 0 Å². The topological polar surface area (TPSA) is 43.7 Å². The lowest BCUT2D eigenvalue weighted by molar-refractivity contribution is 0.101. The van der Waals surface area contributed by atoms with E-state index in [2.05, 4.69) is 0 Å². The van der Waals surface area contributed by atoms with E-state index in [1.807, 2.05) is 37.1 Å². The van der Waals surface area contributed by atoms with Gasteiger partial charge in [-0.25, -0.2) is 0 Å². The number of likely N-dealkylation sites (N-methyl/N-ethyl adjacent to an activating group) is 1. The standard InChI is InChI=1S/C11H16ClNO2/c1-8-3-4-10(12)11(5-8)13(2)6-9(15)7-14/h3-5,9,14-15H,6-7H2,1-2H3. The maximum atomic E-state index is 9.32. The number of halogens is 1. The minimum absolute atomic E-state index is 0.242. The lowest BCUT2D eigenvalue weighted by Crippen LogP contribution is -2.31. The Morgan fingerprint density at radius 1 is 1.47 bits per heavy atom. The molecule has 0 saturated carbocycles. The van der Waals surface area contributed by atoms with Crippen LogP contribution in [0.1, 0.15) is 5.56 Å². The molecule has 0 bridgehead atoms. The normalized spacial score (nSPS) is 12.6. The quantitative estimate of drug-likeness (QED) is 0.821. The molecule has 1 unspecified atom stereocenters. The predicted octanol–water partition coefficient (Wildman–Crippen LogP) is 1.44. The smallest absolute Gasteiger partial charge is 0.0945 e. The molecule has 0 radical (unpaired) electrons. The molecular formula is C11H16ClNO2. The summed E-state index contributed by atoms with van der Waals surface area (Å²) in [5.41, 5.74) is 1.98. The zero-order valence-electron chi connectivity index (χ0n) is 8.94. The molecule has 0 aliphatic rings. The molecule has 0 spiro atoms. The minimum atomic E-state index is -0.744. The third-order valence-corrected chi connectivity index (χ3v) is 2.53. The summed E-state index contributed by atoms with van der Waals surface area (Å²) in [5, 5.41) is 18.7. The third-order valence-electron chi connectivity index (χ3n) is 2.21. The van der Waals surface area contributed by atoms with Gasteiger partial charge in [-0.2, -0.15) is 0 Å². The highest BCUT2D eigenvalue weighted by Gasteiger charge is 2.10. The highest BCUT2D eigenvalue weighted by molar-refractivity contribution is 6.33. The molecule has 3 nitrogen and oxygen atoms in total. The van der Waals surface area contributed by atoms with E-state index in [4.69, 9.17) is 16.7 Å². The van der Waals surface area contributed by atoms with Crippen molar-refractivity contribution in [3.05, 3.63) is 28.8 Å². The largest absolute Gasteiger partial charge is 0.394 e. The van der Waals surface area contributed by atoms with Gasteiger partial charge in [0.25, 0.3) is 0 Å². The van der Waals surface area contributed by atoms with E-state index in [0.29, 0.717) is 11.6 Å². The second kappa shape index (κ2) is 5.35. The Bertz CT molecular complexity index is 330.